The van der Waals surface area contributed by atoms with Crippen molar-refractivity contribution in [3.63, 3.8) is 0 Å². The van der Waals surface area contributed by atoms with Crippen LogP contribution in [0.2, 0.25) is 0 Å². The number of quaternary nitrogens is 1. The Morgan fingerprint density at radius 1 is 0.920 bits per heavy atom. The Bertz CT molecular complexity index is 797. The third-order valence-electron chi connectivity index (χ3n) is 3.75. The van der Waals surface area contributed by atoms with Crippen molar-refractivity contribution in [1.29, 1.82) is 0 Å². The van der Waals surface area contributed by atoms with Crippen LogP contribution >= 0.6 is 0 Å². The Morgan fingerprint density at radius 3 is 2.20 bits per heavy atom. The molecular formula is C17H16F5N2O+. The highest BCUT2D eigenvalue weighted by atomic mass is 19.2. The minimum atomic E-state index is -1.68. The lowest BCUT2D eigenvalue weighted by atomic mass is 10.1. The van der Waals surface area contributed by atoms with Gasteiger partial charge in [0.1, 0.15) is 6.04 Å². The number of carbonyl (C=O) groups is 1. The van der Waals surface area contributed by atoms with Crippen LogP contribution in [0.1, 0.15) is 25.5 Å². The summed E-state index contributed by atoms with van der Waals surface area (Å²) in [6.45, 7) is 3.18. The zero-order chi connectivity index (χ0) is 18.7. The van der Waals surface area contributed by atoms with Crippen molar-refractivity contribution < 1.29 is 32.1 Å². The largest absolute Gasteiger partial charge is 0.330 e. The SMILES string of the molecule is C[C@@H]([NH2+][C@H](C)c1ccc(F)c(F)c1)C(=O)Nc1ccc(F)c(F)c1F. The average molecular weight is 359 g/mol. The maximum Gasteiger partial charge on any atom is 0.282 e. The summed E-state index contributed by atoms with van der Waals surface area (Å²) in [7, 11) is 0. The summed E-state index contributed by atoms with van der Waals surface area (Å²) in [6.07, 6.45) is 0. The van der Waals surface area contributed by atoms with Gasteiger partial charge in [0, 0.05) is 5.56 Å². The van der Waals surface area contributed by atoms with Crippen molar-refractivity contribution in [1.82, 2.24) is 0 Å². The molecule has 2 atom stereocenters. The highest BCUT2D eigenvalue weighted by Gasteiger charge is 2.23. The standard InChI is InChI=1S/C17H15F5N2O/c1-8(10-3-4-11(18)13(20)7-10)23-9(2)17(25)24-14-6-5-12(19)15(21)16(14)22/h3-9,23H,1-2H3,(H,24,25)/p+1/t8-,9-/m1/s1. The average Bonchev–Trinajstić information content (AvgIpc) is 2.57. The summed E-state index contributed by atoms with van der Waals surface area (Å²) < 4.78 is 65.8. The Hall–Kier alpha value is -2.48. The van der Waals surface area contributed by atoms with E-state index in [0.29, 0.717) is 11.6 Å². The molecule has 0 aliphatic carbocycles. The van der Waals surface area contributed by atoms with E-state index in [1.807, 2.05) is 0 Å². The van der Waals surface area contributed by atoms with Crippen LogP contribution in [0.25, 0.3) is 0 Å². The van der Waals surface area contributed by atoms with E-state index >= 15 is 0 Å². The van der Waals surface area contributed by atoms with Gasteiger partial charge in [0.2, 0.25) is 0 Å². The maximum absolute atomic E-state index is 13.6. The molecule has 0 heterocycles. The number of carbonyl (C=O) groups excluding carboxylic acids is 1. The predicted octanol–water partition coefficient (Wildman–Crippen LogP) is 3.03. The van der Waals surface area contributed by atoms with Gasteiger partial charge in [0.25, 0.3) is 5.91 Å². The summed E-state index contributed by atoms with van der Waals surface area (Å²) >= 11 is 0. The van der Waals surface area contributed by atoms with Crippen LogP contribution < -0.4 is 10.6 Å². The van der Waals surface area contributed by atoms with Crippen molar-refractivity contribution in [2.45, 2.75) is 25.9 Å². The summed E-state index contributed by atoms with van der Waals surface area (Å²) in [5.41, 5.74) is -0.0258. The lowest BCUT2D eigenvalue weighted by Crippen LogP contribution is -2.91. The first-order valence-corrected chi connectivity index (χ1v) is 7.45. The molecule has 3 nitrogen and oxygen atoms in total. The maximum atomic E-state index is 13.6. The van der Waals surface area contributed by atoms with Crippen molar-refractivity contribution in [3.05, 3.63) is 65.0 Å². The van der Waals surface area contributed by atoms with Gasteiger partial charge >= 0.3 is 0 Å². The van der Waals surface area contributed by atoms with E-state index in [-0.39, 0.29) is 0 Å². The molecule has 0 spiro atoms. The van der Waals surface area contributed by atoms with Gasteiger partial charge in [0.05, 0.1) is 5.69 Å². The monoisotopic (exact) mass is 359 g/mol. The quantitative estimate of drug-likeness (QED) is 0.626. The molecule has 3 N–H and O–H groups in total. The third-order valence-corrected chi connectivity index (χ3v) is 3.75. The normalized spacial score (nSPS) is 13.4. The van der Waals surface area contributed by atoms with Crippen LogP contribution in [0.15, 0.2) is 30.3 Å². The molecule has 0 unspecified atom stereocenters. The van der Waals surface area contributed by atoms with E-state index in [1.54, 1.807) is 12.2 Å². The van der Waals surface area contributed by atoms with Gasteiger partial charge in [-0.15, -0.1) is 0 Å². The molecule has 0 aliphatic rings. The fourth-order valence-electron chi connectivity index (χ4n) is 2.30. The second-order valence-corrected chi connectivity index (χ2v) is 5.66. The molecule has 2 aromatic carbocycles. The zero-order valence-corrected chi connectivity index (χ0v) is 13.4. The fraction of sp³-hybridized carbons (Fsp3) is 0.235. The number of rotatable bonds is 5. The van der Waals surface area contributed by atoms with Gasteiger partial charge in [-0.25, -0.2) is 22.0 Å². The first-order chi connectivity index (χ1) is 11.7. The minimum absolute atomic E-state index is 0.398. The zero-order valence-electron chi connectivity index (χ0n) is 13.4. The van der Waals surface area contributed by atoms with Crippen molar-refractivity contribution in [2.75, 3.05) is 5.32 Å². The number of benzene rings is 2. The lowest BCUT2D eigenvalue weighted by Gasteiger charge is -2.17. The van der Waals surface area contributed by atoms with Gasteiger partial charge in [-0.3, -0.25) is 4.79 Å². The number of halogens is 5. The van der Waals surface area contributed by atoms with Crippen LogP contribution in [0.4, 0.5) is 27.6 Å². The molecule has 0 saturated heterocycles. The summed E-state index contributed by atoms with van der Waals surface area (Å²) in [5, 5.41) is 3.71. The van der Waals surface area contributed by atoms with Crippen molar-refractivity contribution >= 4 is 11.6 Å². The molecular weight excluding hydrogens is 343 g/mol. The first kappa shape index (κ1) is 18.9. The molecule has 8 heteroatoms. The van der Waals surface area contributed by atoms with Crippen LogP contribution in [-0.2, 0) is 4.79 Å². The number of nitrogens with two attached hydrogens (primary N) is 1. The molecule has 2 aromatic rings. The number of amides is 1. The molecule has 134 valence electrons. The Balaban J connectivity index is 2.05. The van der Waals surface area contributed by atoms with Crippen molar-refractivity contribution in [2.24, 2.45) is 0 Å². The second kappa shape index (κ2) is 7.60. The third kappa shape index (κ3) is 4.33. The smallest absolute Gasteiger partial charge is 0.282 e. The number of nitrogens with one attached hydrogen (secondary N) is 1. The molecule has 0 aliphatic heterocycles. The molecule has 2 rings (SSSR count). The van der Waals surface area contributed by atoms with Gasteiger partial charge in [-0.2, -0.15) is 0 Å². The Labute approximate surface area is 140 Å². The van der Waals surface area contributed by atoms with Crippen LogP contribution in [0.3, 0.4) is 0 Å². The van der Waals surface area contributed by atoms with E-state index in [4.69, 9.17) is 0 Å². The van der Waals surface area contributed by atoms with Gasteiger partial charge in [-0.1, -0.05) is 0 Å². The Kier molecular flexibility index (Phi) is 5.73. The molecule has 1 amide bonds. The summed E-state index contributed by atoms with van der Waals surface area (Å²) in [4.78, 5) is 12.1. The molecule has 0 fully saturated rings. The molecule has 0 radical (unpaired) electrons. The summed E-state index contributed by atoms with van der Waals surface area (Å²) in [6, 6.07) is 3.86. The number of hydrogen-bond donors (Lipinski definition) is 2. The van der Waals surface area contributed by atoms with Gasteiger partial charge < -0.3 is 10.6 Å². The number of hydrogen-bond acceptors (Lipinski definition) is 1. The lowest BCUT2D eigenvalue weighted by molar-refractivity contribution is -0.709. The summed E-state index contributed by atoms with van der Waals surface area (Å²) in [5.74, 6) is -7.16. The van der Waals surface area contributed by atoms with Crippen LogP contribution in [0.5, 0.6) is 0 Å². The van der Waals surface area contributed by atoms with E-state index in [0.717, 1.165) is 18.2 Å². The highest BCUT2D eigenvalue weighted by Crippen LogP contribution is 2.19. The molecule has 0 bridgehead atoms. The van der Waals surface area contributed by atoms with E-state index in [9.17, 15) is 26.7 Å². The first-order valence-electron chi connectivity index (χ1n) is 7.45. The molecule has 25 heavy (non-hydrogen) atoms. The fourth-order valence-corrected chi connectivity index (χ4v) is 2.30. The topological polar surface area (TPSA) is 45.7 Å². The second-order valence-electron chi connectivity index (χ2n) is 5.66. The minimum Gasteiger partial charge on any atom is -0.330 e. The molecule has 0 aromatic heterocycles. The van der Waals surface area contributed by atoms with Gasteiger partial charge in [0.15, 0.2) is 35.1 Å². The van der Waals surface area contributed by atoms with Crippen molar-refractivity contribution in [3.8, 4) is 0 Å². The van der Waals surface area contributed by atoms with Gasteiger partial charge in [-0.05, 0) is 44.2 Å². The van der Waals surface area contributed by atoms with E-state index in [1.165, 1.54) is 13.0 Å². The Morgan fingerprint density at radius 2 is 1.56 bits per heavy atom. The van der Waals surface area contributed by atoms with Crippen LogP contribution in [0, 0.1) is 29.1 Å². The van der Waals surface area contributed by atoms with E-state index in [2.05, 4.69) is 5.32 Å². The van der Waals surface area contributed by atoms with Crippen LogP contribution in [-0.4, -0.2) is 11.9 Å². The van der Waals surface area contributed by atoms with E-state index < -0.39 is 52.8 Å². The molecule has 0 saturated carbocycles. The number of anilines is 1. The highest BCUT2D eigenvalue weighted by molar-refractivity contribution is 5.93. The predicted molar refractivity (Wildman–Crippen MR) is 81.1 cm³/mol.